The normalized spacial score (nSPS) is 14.8. The average Bonchev–Trinajstić information content (AvgIpc) is 2.63. The van der Waals surface area contributed by atoms with E-state index in [2.05, 4.69) is 0 Å². The Morgan fingerprint density at radius 1 is 1.21 bits per heavy atom. The molecule has 0 spiro atoms. The minimum atomic E-state index is -1.09. The number of nitrogens with zero attached hydrogens (tertiary/aromatic N) is 1. The fraction of sp³-hybridized carbons (Fsp3) is 0.154. The molecule has 0 fully saturated rings. The summed E-state index contributed by atoms with van der Waals surface area (Å²) in [5.74, 6) is -2.64. The predicted molar refractivity (Wildman–Crippen MR) is 63.3 cm³/mol. The monoisotopic (exact) mass is 263 g/mol. The largest absolute Gasteiger partial charge is 0.481 e. The number of amides is 2. The van der Waals surface area contributed by atoms with Crippen LogP contribution in [0.15, 0.2) is 30.3 Å². The maximum atomic E-state index is 12.8. The summed E-state index contributed by atoms with van der Waals surface area (Å²) in [7, 11) is 0. The van der Waals surface area contributed by atoms with E-state index in [0.29, 0.717) is 5.56 Å². The molecule has 0 saturated carbocycles. The van der Waals surface area contributed by atoms with E-state index in [9.17, 15) is 18.8 Å². The summed E-state index contributed by atoms with van der Waals surface area (Å²) in [6.45, 7) is -0.172. The third kappa shape index (κ3) is 2.67. The molecule has 1 aromatic rings. The molecule has 1 aliphatic rings. The van der Waals surface area contributed by atoms with E-state index in [1.54, 1.807) is 0 Å². The number of aliphatic carboxylic acids is 1. The molecule has 0 bridgehead atoms. The summed E-state index contributed by atoms with van der Waals surface area (Å²) >= 11 is 0. The molecule has 1 N–H and O–H groups in total. The van der Waals surface area contributed by atoms with Crippen molar-refractivity contribution in [2.75, 3.05) is 6.54 Å². The van der Waals surface area contributed by atoms with Gasteiger partial charge in [0, 0.05) is 12.6 Å². The molecule has 6 heteroatoms. The lowest BCUT2D eigenvalue weighted by atomic mass is 10.1. The molecule has 1 heterocycles. The van der Waals surface area contributed by atoms with Crippen LogP contribution in [0, 0.1) is 5.82 Å². The van der Waals surface area contributed by atoms with E-state index < -0.39 is 23.6 Å². The molecule has 0 saturated heterocycles. The highest BCUT2D eigenvalue weighted by atomic mass is 19.1. The fourth-order valence-corrected chi connectivity index (χ4v) is 1.76. The zero-order valence-electron chi connectivity index (χ0n) is 9.80. The summed E-state index contributed by atoms with van der Waals surface area (Å²) in [6, 6.07) is 5.17. The first kappa shape index (κ1) is 12.9. The van der Waals surface area contributed by atoms with Gasteiger partial charge in [0.25, 0.3) is 11.8 Å². The Balaban J connectivity index is 2.18. The number of carboxylic acids is 1. The van der Waals surface area contributed by atoms with E-state index in [1.165, 1.54) is 24.3 Å². The third-order valence-corrected chi connectivity index (χ3v) is 2.71. The number of halogens is 1. The molecule has 1 aliphatic heterocycles. The molecule has 0 atom stereocenters. The van der Waals surface area contributed by atoms with Gasteiger partial charge in [-0.1, -0.05) is 12.1 Å². The lowest BCUT2D eigenvalue weighted by Crippen LogP contribution is -2.32. The summed E-state index contributed by atoms with van der Waals surface area (Å²) in [4.78, 5) is 34.9. The molecule has 98 valence electrons. The van der Waals surface area contributed by atoms with Crippen LogP contribution in [-0.2, 0) is 14.4 Å². The maximum Gasteiger partial charge on any atom is 0.305 e. The van der Waals surface area contributed by atoms with Crippen LogP contribution in [0.4, 0.5) is 4.39 Å². The second-order valence-corrected chi connectivity index (χ2v) is 4.00. The second-order valence-electron chi connectivity index (χ2n) is 4.00. The van der Waals surface area contributed by atoms with E-state index in [4.69, 9.17) is 5.11 Å². The minimum absolute atomic E-state index is 0.149. The van der Waals surface area contributed by atoms with Gasteiger partial charge in [0.2, 0.25) is 0 Å². The Bertz CT molecular complexity index is 577. The van der Waals surface area contributed by atoms with Crippen molar-refractivity contribution in [3.8, 4) is 0 Å². The average molecular weight is 263 g/mol. The first-order chi connectivity index (χ1) is 8.99. The Kier molecular flexibility index (Phi) is 3.41. The van der Waals surface area contributed by atoms with Crippen molar-refractivity contribution < 1.29 is 23.9 Å². The van der Waals surface area contributed by atoms with Crippen molar-refractivity contribution in [2.45, 2.75) is 6.42 Å². The summed E-state index contributed by atoms with van der Waals surface area (Å²) in [5.41, 5.74) is 0.577. The molecular weight excluding hydrogens is 253 g/mol. The van der Waals surface area contributed by atoms with Crippen LogP contribution in [0.5, 0.6) is 0 Å². The molecule has 19 heavy (non-hydrogen) atoms. The highest BCUT2D eigenvalue weighted by Crippen LogP contribution is 2.23. The summed E-state index contributed by atoms with van der Waals surface area (Å²) < 4.78 is 12.8. The van der Waals surface area contributed by atoms with Gasteiger partial charge in [0.05, 0.1) is 12.0 Å². The van der Waals surface area contributed by atoms with Crippen LogP contribution in [0.1, 0.15) is 12.0 Å². The topological polar surface area (TPSA) is 74.7 Å². The zero-order chi connectivity index (χ0) is 14.0. The molecular formula is C13H10FNO4. The van der Waals surface area contributed by atoms with E-state index in [1.807, 2.05) is 0 Å². The Hall–Kier alpha value is -2.50. The number of carbonyl (C=O) groups is 3. The van der Waals surface area contributed by atoms with Gasteiger partial charge in [-0.25, -0.2) is 4.39 Å². The summed E-state index contributed by atoms with van der Waals surface area (Å²) in [6.07, 6.45) is 0.833. The van der Waals surface area contributed by atoms with Gasteiger partial charge < -0.3 is 5.11 Å². The molecule has 2 amide bonds. The van der Waals surface area contributed by atoms with Gasteiger partial charge in [-0.2, -0.15) is 0 Å². The fourth-order valence-electron chi connectivity index (χ4n) is 1.76. The van der Waals surface area contributed by atoms with Gasteiger partial charge in [0.15, 0.2) is 0 Å². The molecule has 0 aliphatic carbocycles. The number of imide groups is 1. The number of carbonyl (C=O) groups excluding carboxylic acids is 2. The van der Waals surface area contributed by atoms with Crippen LogP contribution in [0.2, 0.25) is 0 Å². The first-order valence-corrected chi connectivity index (χ1v) is 5.54. The van der Waals surface area contributed by atoms with E-state index in [0.717, 1.165) is 11.0 Å². The zero-order valence-corrected chi connectivity index (χ0v) is 9.80. The van der Waals surface area contributed by atoms with Crippen LogP contribution in [0.25, 0.3) is 5.57 Å². The van der Waals surface area contributed by atoms with E-state index in [-0.39, 0.29) is 18.5 Å². The van der Waals surface area contributed by atoms with Gasteiger partial charge in [0.1, 0.15) is 5.82 Å². The quantitative estimate of drug-likeness (QED) is 0.824. The van der Waals surface area contributed by atoms with Gasteiger partial charge >= 0.3 is 5.97 Å². The van der Waals surface area contributed by atoms with Crippen molar-refractivity contribution in [3.63, 3.8) is 0 Å². The lowest BCUT2D eigenvalue weighted by Gasteiger charge is -2.13. The van der Waals surface area contributed by atoms with Gasteiger partial charge in [-0.3, -0.25) is 19.3 Å². The standard InChI is InChI=1S/C13H10FNO4/c14-9-3-1-8(2-4-9)10-7-11(16)15(13(10)19)6-5-12(17)18/h1-4,7H,5-6H2,(H,17,18). The van der Waals surface area contributed by atoms with Crippen LogP contribution in [0.3, 0.4) is 0 Å². The van der Waals surface area contributed by atoms with Crippen molar-refractivity contribution in [2.24, 2.45) is 0 Å². The number of carboxylic acid groups (broad SMARTS) is 1. The SMILES string of the molecule is O=C(O)CCN1C(=O)C=C(c2ccc(F)cc2)C1=O. The molecule has 5 nitrogen and oxygen atoms in total. The maximum absolute atomic E-state index is 12.8. The molecule has 0 aromatic heterocycles. The first-order valence-electron chi connectivity index (χ1n) is 5.54. The van der Waals surface area contributed by atoms with Gasteiger partial charge in [-0.15, -0.1) is 0 Å². The highest BCUT2D eigenvalue weighted by Gasteiger charge is 2.31. The Labute approximate surface area is 107 Å². The molecule has 1 aromatic carbocycles. The number of rotatable bonds is 4. The molecule has 0 unspecified atom stereocenters. The molecule has 2 rings (SSSR count). The van der Waals surface area contributed by atoms with Crippen molar-refractivity contribution in [1.82, 2.24) is 4.90 Å². The van der Waals surface area contributed by atoms with Crippen molar-refractivity contribution in [3.05, 3.63) is 41.7 Å². The number of hydrogen-bond donors (Lipinski definition) is 1. The molecule has 0 radical (unpaired) electrons. The minimum Gasteiger partial charge on any atom is -0.481 e. The van der Waals surface area contributed by atoms with Crippen LogP contribution >= 0.6 is 0 Å². The predicted octanol–water partition coefficient (Wildman–Crippen LogP) is 1.05. The third-order valence-electron chi connectivity index (χ3n) is 2.71. The van der Waals surface area contributed by atoms with Crippen LogP contribution < -0.4 is 0 Å². The van der Waals surface area contributed by atoms with Gasteiger partial charge in [-0.05, 0) is 17.7 Å². The van der Waals surface area contributed by atoms with Crippen molar-refractivity contribution in [1.29, 1.82) is 0 Å². The number of hydrogen-bond acceptors (Lipinski definition) is 3. The second kappa shape index (κ2) is 5.01. The van der Waals surface area contributed by atoms with E-state index >= 15 is 0 Å². The Morgan fingerprint density at radius 2 is 1.84 bits per heavy atom. The highest BCUT2D eigenvalue weighted by molar-refractivity contribution is 6.33. The number of benzene rings is 1. The Morgan fingerprint density at radius 3 is 2.42 bits per heavy atom. The van der Waals surface area contributed by atoms with Crippen molar-refractivity contribution >= 4 is 23.4 Å². The smallest absolute Gasteiger partial charge is 0.305 e. The van der Waals surface area contributed by atoms with Crippen LogP contribution in [-0.4, -0.2) is 34.3 Å². The lowest BCUT2D eigenvalue weighted by molar-refractivity contribution is -0.139. The summed E-state index contributed by atoms with van der Waals surface area (Å²) in [5, 5.41) is 8.55.